The van der Waals surface area contributed by atoms with Crippen molar-refractivity contribution in [2.75, 3.05) is 5.32 Å². The highest BCUT2D eigenvalue weighted by Gasteiger charge is 2.31. The summed E-state index contributed by atoms with van der Waals surface area (Å²) in [4.78, 5) is 12.0. The molecule has 0 saturated heterocycles. The molecule has 1 fully saturated rings. The summed E-state index contributed by atoms with van der Waals surface area (Å²) in [7, 11) is 0. The Labute approximate surface area is 147 Å². The Morgan fingerprint density at radius 1 is 1.35 bits per heavy atom. The van der Waals surface area contributed by atoms with Crippen LogP contribution in [0, 0.1) is 17.2 Å². The fourth-order valence-electron chi connectivity index (χ4n) is 2.98. The van der Waals surface area contributed by atoms with Crippen LogP contribution in [0.1, 0.15) is 24.8 Å². The largest absolute Gasteiger partial charge is 0.416 e. The van der Waals surface area contributed by atoms with E-state index in [1.165, 1.54) is 29.2 Å². The highest BCUT2D eigenvalue weighted by Crippen LogP contribution is 2.30. The molecule has 1 aliphatic carbocycles. The van der Waals surface area contributed by atoms with Crippen molar-refractivity contribution < 1.29 is 18.0 Å². The van der Waals surface area contributed by atoms with Gasteiger partial charge in [0, 0.05) is 6.04 Å². The second kappa shape index (κ2) is 7.07. The number of urea groups is 1. The number of nitriles is 1. The fraction of sp³-hybridized carbons (Fsp3) is 0.353. The quantitative estimate of drug-likeness (QED) is 0.872. The highest BCUT2D eigenvalue weighted by atomic mass is 19.4. The summed E-state index contributed by atoms with van der Waals surface area (Å²) in [6.45, 7) is 0. The van der Waals surface area contributed by atoms with Crippen LogP contribution in [-0.2, 0) is 6.18 Å². The molecular weight excluding hydrogens is 347 g/mol. The number of aromatic nitrogens is 2. The summed E-state index contributed by atoms with van der Waals surface area (Å²) in [5, 5.41) is 18.3. The molecule has 3 rings (SSSR count). The maximum Gasteiger partial charge on any atom is 0.416 e. The average molecular weight is 363 g/mol. The molecule has 1 aromatic heterocycles. The van der Waals surface area contributed by atoms with Crippen LogP contribution in [0.25, 0.3) is 5.69 Å². The zero-order valence-corrected chi connectivity index (χ0v) is 13.6. The van der Waals surface area contributed by atoms with Crippen molar-refractivity contribution in [3.05, 3.63) is 42.2 Å². The molecular formula is C17H16F3N5O. The molecule has 6 nitrogen and oxygen atoms in total. The van der Waals surface area contributed by atoms with Crippen molar-refractivity contribution in [3.8, 4) is 11.8 Å². The number of amides is 2. The minimum Gasteiger partial charge on any atom is -0.334 e. The van der Waals surface area contributed by atoms with E-state index in [9.17, 15) is 18.0 Å². The molecule has 0 aliphatic heterocycles. The lowest BCUT2D eigenvalue weighted by Crippen LogP contribution is -2.39. The molecule has 9 heteroatoms. The van der Waals surface area contributed by atoms with E-state index in [-0.39, 0.29) is 17.6 Å². The van der Waals surface area contributed by atoms with Crippen LogP contribution >= 0.6 is 0 Å². The summed E-state index contributed by atoms with van der Waals surface area (Å²) in [5.74, 6) is -0.200. The van der Waals surface area contributed by atoms with Crippen LogP contribution in [0.3, 0.4) is 0 Å². The Morgan fingerprint density at radius 2 is 2.15 bits per heavy atom. The van der Waals surface area contributed by atoms with Gasteiger partial charge in [-0.2, -0.15) is 23.5 Å². The fourth-order valence-corrected chi connectivity index (χ4v) is 2.98. The van der Waals surface area contributed by atoms with E-state index < -0.39 is 17.8 Å². The standard InChI is InChI=1S/C17H16F3N5O/c18-17(19,20)12-4-2-5-14(7-12)25-10-13(9-22-25)23-16(26)24-15-6-1-3-11(15)8-21/h2,4-5,7,9-11,15H,1,3,6H2,(H2,23,24,26)/t11-,15-/m1/s1. The Kier molecular flexibility index (Phi) is 4.84. The maximum atomic E-state index is 12.8. The van der Waals surface area contributed by atoms with Gasteiger partial charge in [-0.25, -0.2) is 9.48 Å². The second-order valence-electron chi connectivity index (χ2n) is 6.09. The molecule has 2 amide bonds. The molecule has 0 spiro atoms. The van der Waals surface area contributed by atoms with E-state index >= 15 is 0 Å². The third kappa shape index (κ3) is 3.96. The number of halogens is 3. The smallest absolute Gasteiger partial charge is 0.334 e. The Balaban J connectivity index is 1.67. The van der Waals surface area contributed by atoms with Crippen molar-refractivity contribution in [1.82, 2.24) is 15.1 Å². The van der Waals surface area contributed by atoms with Gasteiger partial charge in [-0.1, -0.05) is 6.07 Å². The number of benzene rings is 1. The van der Waals surface area contributed by atoms with Gasteiger partial charge in [0.1, 0.15) is 0 Å². The Morgan fingerprint density at radius 3 is 2.88 bits per heavy atom. The van der Waals surface area contributed by atoms with Crippen molar-refractivity contribution >= 4 is 11.7 Å². The number of hydrogen-bond donors (Lipinski definition) is 2. The molecule has 26 heavy (non-hydrogen) atoms. The first kappa shape index (κ1) is 17.8. The van der Waals surface area contributed by atoms with Crippen LogP contribution in [0.15, 0.2) is 36.7 Å². The van der Waals surface area contributed by atoms with Gasteiger partial charge in [0.05, 0.1) is 41.3 Å². The molecule has 0 bridgehead atoms. The summed E-state index contributed by atoms with van der Waals surface area (Å²) < 4.78 is 39.6. The zero-order valence-electron chi connectivity index (χ0n) is 13.6. The molecule has 0 unspecified atom stereocenters. The number of alkyl halides is 3. The molecule has 1 heterocycles. The highest BCUT2D eigenvalue weighted by molar-refractivity contribution is 5.89. The van der Waals surface area contributed by atoms with Crippen LogP contribution < -0.4 is 10.6 Å². The summed E-state index contributed by atoms with van der Waals surface area (Å²) >= 11 is 0. The Bertz CT molecular complexity index is 839. The lowest BCUT2D eigenvalue weighted by atomic mass is 10.1. The molecule has 0 radical (unpaired) electrons. The predicted octanol–water partition coefficient (Wildman–Crippen LogP) is 3.70. The molecule has 1 aromatic carbocycles. The normalized spacial score (nSPS) is 19.8. The minimum atomic E-state index is -4.44. The third-order valence-corrected chi connectivity index (χ3v) is 4.28. The number of hydrogen-bond acceptors (Lipinski definition) is 3. The van der Waals surface area contributed by atoms with Crippen LogP contribution in [0.4, 0.5) is 23.7 Å². The second-order valence-corrected chi connectivity index (χ2v) is 6.09. The van der Waals surface area contributed by atoms with Gasteiger partial charge in [0.15, 0.2) is 0 Å². The van der Waals surface area contributed by atoms with E-state index in [4.69, 9.17) is 5.26 Å². The molecule has 2 N–H and O–H groups in total. The van der Waals surface area contributed by atoms with Crippen LogP contribution in [0.2, 0.25) is 0 Å². The van der Waals surface area contributed by atoms with Gasteiger partial charge < -0.3 is 10.6 Å². The molecule has 2 atom stereocenters. The van der Waals surface area contributed by atoms with Gasteiger partial charge in [-0.15, -0.1) is 0 Å². The summed E-state index contributed by atoms with van der Waals surface area (Å²) in [5.41, 5.74) is -0.207. The van der Waals surface area contributed by atoms with Crippen molar-refractivity contribution in [1.29, 1.82) is 5.26 Å². The molecule has 1 saturated carbocycles. The summed E-state index contributed by atoms with van der Waals surface area (Å²) in [6.07, 6.45) is 0.713. The van der Waals surface area contributed by atoms with Crippen LogP contribution in [0.5, 0.6) is 0 Å². The predicted molar refractivity (Wildman–Crippen MR) is 87.5 cm³/mol. The van der Waals surface area contributed by atoms with E-state index in [1.54, 1.807) is 0 Å². The first-order chi connectivity index (χ1) is 12.4. The molecule has 1 aliphatic rings. The minimum absolute atomic E-state index is 0.196. The zero-order chi connectivity index (χ0) is 18.7. The van der Waals surface area contributed by atoms with Crippen molar-refractivity contribution in [3.63, 3.8) is 0 Å². The molecule has 136 valence electrons. The van der Waals surface area contributed by atoms with Crippen molar-refractivity contribution in [2.24, 2.45) is 5.92 Å². The van der Waals surface area contributed by atoms with Crippen LogP contribution in [-0.4, -0.2) is 21.9 Å². The van der Waals surface area contributed by atoms with E-state index in [0.717, 1.165) is 31.4 Å². The van der Waals surface area contributed by atoms with E-state index in [2.05, 4.69) is 21.8 Å². The Hall–Kier alpha value is -3.02. The van der Waals surface area contributed by atoms with Gasteiger partial charge in [0.25, 0.3) is 0 Å². The number of rotatable bonds is 3. The van der Waals surface area contributed by atoms with Gasteiger partial charge >= 0.3 is 12.2 Å². The van der Waals surface area contributed by atoms with Crippen molar-refractivity contribution in [2.45, 2.75) is 31.5 Å². The van der Waals surface area contributed by atoms with E-state index in [0.29, 0.717) is 5.69 Å². The third-order valence-electron chi connectivity index (χ3n) is 4.28. The first-order valence-electron chi connectivity index (χ1n) is 8.06. The van der Waals surface area contributed by atoms with Gasteiger partial charge in [-0.05, 0) is 37.5 Å². The van der Waals surface area contributed by atoms with Gasteiger partial charge in [-0.3, -0.25) is 0 Å². The topological polar surface area (TPSA) is 82.7 Å². The SMILES string of the molecule is N#C[C@H]1CCC[C@H]1NC(=O)Nc1cnn(-c2cccc(C(F)(F)F)c2)c1. The lowest BCUT2D eigenvalue weighted by molar-refractivity contribution is -0.137. The first-order valence-corrected chi connectivity index (χ1v) is 8.06. The van der Waals surface area contributed by atoms with Gasteiger partial charge in [0.2, 0.25) is 0 Å². The van der Waals surface area contributed by atoms with E-state index in [1.807, 2.05) is 0 Å². The molecule has 2 aromatic rings. The maximum absolute atomic E-state index is 12.8. The number of carbonyl (C=O) groups is 1. The monoisotopic (exact) mass is 363 g/mol. The number of carbonyl (C=O) groups excluding carboxylic acids is 1. The number of anilines is 1. The average Bonchev–Trinajstić information content (AvgIpc) is 3.23. The number of nitrogens with zero attached hydrogens (tertiary/aromatic N) is 3. The number of nitrogens with one attached hydrogen (secondary N) is 2. The summed E-state index contributed by atoms with van der Waals surface area (Å²) in [6, 6.07) is 6.25. The lowest BCUT2D eigenvalue weighted by Gasteiger charge is -2.15.